The van der Waals surface area contributed by atoms with Gasteiger partial charge in [0.2, 0.25) is 0 Å². The molecule has 620 valence electrons. The maximum Gasteiger partial charge on any atom is 0.153 e. The number of thiophene rings is 6. The van der Waals surface area contributed by atoms with Crippen molar-refractivity contribution in [1.82, 2.24) is 17.5 Å². The summed E-state index contributed by atoms with van der Waals surface area (Å²) in [5, 5.41) is -0.142. The predicted molar refractivity (Wildman–Crippen MR) is 492 cm³/mol. The topological polar surface area (TPSA) is 51.6 Å². The second kappa shape index (κ2) is 48.7. The number of hydrogen-bond acceptors (Lipinski definition) is 12. The Morgan fingerprint density at radius 1 is 0.283 bits per heavy atom. The van der Waals surface area contributed by atoms with E-state index in [1.807, 2.05) is 6.92 Å². The maximum atomic E-state index is 18.3. The van der Waals surface area contributed by atoms with Gasteiger partial charge in [-0.25, -0.2) is 22.0 Å². The zero-order valence-corrected chi connectivity index (χ0v) is 77.2. The van der Waals surface area contributed by atoms with Crippen molar-refractivity contribution in [3.63, 3.8) is 0 Å². The van der Waals surface area contributed by atoms with E-state index in [1.54, 1.807) is 47.0 Å². The third-order valence-electron chi connectivity index (χ3n) is 23.4. The van der Waals surface area contributed by atoms with Gasteiger partial charge in [0.15, 0.2) is 5.82 Å². The first-order valence-corrected chi connectivity index (χ1v) is 51.2. The van der Waals surface area contributed by atoms with E-state index in [1.165, 1.54) is 277 Å². The van der Waals surface area contributed by atoms with Crippen molar-refractivity contribution in [3.05, 3.63) is 103 Å². The Balaban J connectivity index is 1.03. The third kappa shape index (κ3) is 25.8. The van der Waals surface area contributed by atoms with Gasteiger partial charge in [0.05, 0.1) is 58.6 Å². The van der Waals surface area contributed by atoms with E-state index in [4.69, 9.17) is 31.9 Å². The van der Waals surface area contributed by atoms with Crippen LogP contribution in [0.3, 0.4) is 0 Å². The molecule has 0 aliphatic heterocycles. The number of aryl methyl sites for hydroxylation is 2. The van der Waals surface area contributed by atoms with E-state index in [9.17, 15) is 0 Å². The first-order chi connectivity index (χ1) is 55.1. The van der Waals surface area contributed by atoms with Crippen LogP contribution in [0.1, 0.15) is 351 Å². The summed E-state index contributed by atoms with van der Waals surface area (Å²) >= 11 is 25.1. The van der Waals surface area contributed by atoms with E-state index in [-0.39, 0.29) is 41.6 Å². The SMILES string of the molecule is CCCCCCCCCCC(CCCCCCCC)Cc1cc(-c2c(Cl)c(F)c(C)c3nsnc23)sc1-c1cc(F)c(-c2sc(-c3c(F)c(Cl)c(-c4cc(CC(CCCCCCCC)CCCCCCCCCC)c(-c5cc(CC(CCCCCC)CCCCCCCC)c(-c6sc(C)cc6F)s5)s4)c4nsnc34)cc2F)s1. The lowest BCUT2D eigenvalue weighted by Crippen LogP contribution is -2.06. The lowest BCUT2D eigenvalue weighted by atomic mass is 9.88. The van der Waals surface area contributed by atoms with Crippen LogP contribution in [-0.4, -0.2) is 17.5 Å². The number of fused-ring (bicyclic) bond motifs is 2. The molecule has 0 spiro atoms. The minimum atomic E-state index is -0.734. The molecule has 0 aliphatic carbocycles. The van der Waals surface area contributed by atoms with E-state index < -0.39 is 23.3 Å². The summed E-state index contributed by atoms with van der Waals surface area (Å²) in [7, 11) is 0. The molecule has 8 heterocycles. The highest BCUT2D eigenvalue weighted by Crippen LogP contribution is 2.55. The van der Waals surface area contributed by atoms with Crippen LogP contribution < -0.4 is 0 Å². The van der Waals surface area contributed by atoms with Gasteiger partial charge in [-0.15, -0.1) is 68.0 Å². The van der Waals surface area contributed by atoms with Gasteiger partial charge < -0.3 is 0 Å². The monoisotopic (exact) mass is 1730 g/mol. The molecule has 113 heavy (non-hydrogen) atoms. The molecule has 8 aromatic heterocycles. The van der Waals surface area contributed by atoms with E-state index in [0.29, 0.717) is 60.7 Å². The lowest BCUT2D eigenvalue weighted by Gasteiger charge is -2.18. The summed E-state index contributed by atoms with van der Waals surface area (Å²) in [5.74, 6) is -1.45. The van der Waals surface area contributed by atoms with Gasteiger partial charge in [-0.1, -0.05) is 347 Å². The Bertz CT molecular complexity index is 4470. The highest BCUT2D eigenvalue weighted by Gasteiger charge is 2.33. The fourth-order valence-electron chi connectivity index (χ4n) is 16.9. The number of benzene rings is 2. The molecule has 0 N–H and O–H groups in total. The summed E-state index contributed by atoms with van der Waals surface area (Å²) in [6.07, 6.45) is 56.1. The quantitative estimate of drug-likeness (QED) is 0.0282. The molecule has 0 bridgehead atoms. The highest BCUT2D eigenvalue weighted by atomic mass is 35.5. The number of nitrogens with zero attached hydrogens (tertiary/aromatic N) is 4. The molecule has 0 aliphatic rings. The molecule has 2 aromatic carbocycles. The van der Waals surface area contributed by atoms with Crippen molar-refractivity contribution in [2.24, 2.45) is 17.8 Å². The second-order valence-electron chi connectivity index (χ2n) is 32.7. The van der Waals surface area contributed by atoms with E-state index in [2.05, 4.69) is 68.5 Å². The minimum absolute atomic E-state index is 0.0210. The van der Waals surface area contributed by atoms with Crippen LogP contribution >= 0.6 is 115 Å². The van der Waals surface area contributed by atoms with Gasteiger partial charge in [-0.05, 0) is 104 Å². The number of aromatic nitrogens is 4. The molecule has 0 fully saturated rings. The fraction of sp³-hybridized carbons (Fsp3) is 0.617. The predicted octanol–water partition coefficient (Wildman–Crippen LogP) is 37.1. The Hall–Kier alpha value is -3.49. The number of halogens is 7. The largest absolute Gasteiger partial charge is 0.205 e. The van der Waals surface area contributed by atoms with Gasteiger partial charge in [0.1, 0.15) is 45.3 Å². The first-order valence-electron chi connectivity index (χ1n) is 44.1. The van der Waals surface area contributed by atoms with Crippen LogP contribution in [0.25, 0.3) is 92.4 Å². The van der Waals surface area contributed by atoms with Crippen LogP contribution in [0.5, 0.6) is 0 Å². The summed E-state index contributed by atoms with van der Waals surface area (Å²) in [4.78, 5) is 8.24. The maximum absolute atomic E-state index is 18.3. The fourth-order valence-corrected chi connectivity index (χ4v) is 26.1. The molecule has 10 rings (SSSR count). The molecular formula is C94H127Cl2F5N4S8. The zero-order valence-electron chi connectivity index (χ0n) is 69.1. The van der Waals surface area contributed by atoms with Crippen molar-refractivity contribution in [1.29, 1.82) is 0 Å². The van der Waals surface area contributed by atoms with Crippen LogP contribution in [0.4, 0.5) is 22.0 Å². The number of rotatable bonds is 57. The molecule has 19 heteroatoms. The van der Waals surface area contributed by atoms with E-state index >= 15 is 22.0 Å². The average Bonchev–Trinajstić information content (AvgIpc) is 1.39. The molecule has 0 radical (unpaired) electrons. The summed E-state index contributed by atoms with van der Waals surface area (Å²) in [6, 6.07) is 11.3. The van der Waals surface area contributed by atoms with Gasteiger partial charge >= 0.3 is 0 Å². The third-order valence-corrected chi connectivity index (χ3v) is 32.7. The summed E-state index contributed by atoms with van der Waals surface area (Å²) in [5.41, 5.74) is 6.44. The van der Waals surface area contributed by atoms with Crippen LogP contribution in [0.15, 0.2) is 36.4 Å². The lowest BCUT2D eigenvalue weighted by molar-refractivity contribution is 0.401. The minimum Gasteiger partial charge on any atom is -0.205 e. The molecule has 0 saturated carbocycles. The van der Waals surface area contributed by atoms with Crippen molar-refractivity contribution in [2.75, 3.05) is 0 Å². The number of unbranched alkanes of at least 4 members (excludes halogenated alkanes) is 32. The molecule has 3 atom stereocenters. The second-order valence-corrected chi connectivity index (χ2v) is 41.0. The molecule has 10 aromatic rings. The van der Waals surface area contributed by atoms with Crippen molar-refractivity contribution < 1.29 is 22.0 Å². The van der Waals surface area contributed by atoms with E-state index in [0.717, 1.165) is 145 Å². The Kier molecular flexibility index (Phi) is 39.6. The normalized spacial score (nSPS) is 12.9. The number of hydrogen-bond donors (Lipinski definition) is 0. The Morgan fingerprint density at radius 3 is 0.938 bits per heavy atom. The van der Waals surface area contributed by atoms with Crippen LogP contribution in [0, 0.1) is 60.7 Å². The van der Waals surface area contributed by atoms with Crippen LogP contribution in [-0.2, 0) is 19.3 Å². The molecular weight excluding hydrogens is 1610 g/mol. The smallest absolute Gasteiger partial charge is 0.153 e. The molecule has 4 nitrogen and oxygen atoms in total. The van der Waals surface area contributed by atoms with Crippen molar-refractivity contribution >= 4 is 137 Å². The van der Waals surface area contributed by atoms with Gasteiger partial charge in [-0.2, -0.15) is 17.5 Å². The van der Waals surface area contributed by atoms with Crippen molar-refractivity contribution in [2.45, 2.75) is 357 Å². The molecule has 3 unspecified atom stereocenters. The van der Waals surface area contributed by atoms with Gasteiger partial charge in [0.25, 0.3) is 0 Å². The Morgan fingerprint density at radius 2 is 0.549 bits per heavy atom. The van der Waals surface area contributed by atoms with Gasteiger partial charge in [-0.3, -0.25) is 0 Å². The molecule has 0 saturated heterocycles. The Labute approximate surface area is 717 Å². The zero-order chi connectivity index (χ0) is 80.0. The molecule has 0 amide bonds. The summed E-state index contributed by atoms with van der Waals surface area (Å²) < 4.78 is 105. The standard InChI is InChI=1S/C94H127Cl2F5N4S8/c1-9-15-21-27-32-34-39-45-50-64(48-42-36-29-23-17-11-3)54-67-57-74(107-89(67)76-59-69(91(110-76)92-70(97)53-62(7)106-92)56-66(47-41-26-20-14-6)52-44-38-31-25-19-13-5)79-82(96)84(101)80(88-87(79)104-113-105-88)75-60-71(98)93(109-75)94-72(99)61-77(111-94)90-68(58-73(108-90)78-81(95)83(100)63(8)85-86(78)103-112-102-85)55-65(49-43-37-30-24-18-12-4)51-46-40-35-33-28-22-16-10-2/h53,57-61,64-66H,9-52,54-56H2,1-8H3. The van der Waals surface area contributed by atoms with Gasteiger partial charge in [0, 0.05) is 55.7 Å². The first kappa shape index (κ1) is 91.8. The highest BCUT2D eigenvalue weighted by molar-refractivity contribution is 7.29. The average molecular weight is 1740 g/mol. The van der Waals surface area contributed by atoms with Crippen molar-refractivity contribution in [3.8, 4) is 70.3 Å². The van der Waals surface area contributed by atoms with Crippen LogP contribution in [0.2, 0.25) is 10.0 Å². The summed E-state index contributed by atoms with van der Waals surface area (Å²) in [6.45, 7) is 17.3.